The van der Waals surface area contributed by atoms with Gasteiger partial charge in [0.25, 0.3) is 0 Å². The molecule has 0 spiro atoms. The molecule has 0 radical (unpaired) electrons. The first kappa shape index (κ1) is 15.2. The molecule has 0 aliphatic carbocycles. The lowest BCUT2D eigenvalue weighted by atomic mass is 10.1. The number of rotatable bonds is 4. The number of piperidine rings is 1. The predicted molar refractivity (Wildman–Crippen MR) is 80.6 cm³/mol. The molecule has 2 heterocycles. The molecule has 22 heavy (non-hydrogen) atoms. The van der Waals surface area contributed by atoms with Crippen LogP contribution in [0.3, 0.4) is 0 Å². The van der Waals surface area contributed by atoms with Crippen molar-refractivity contribution in [2.75, 3.05) is 6.54 Å². The Hall–Kier alpha value is -1.73. The predicted octanol–water partition coefficient (Wildman–Crippen LogP) is 2.55. The van der Waals surface area contributed by atoms with Crippen LogP contribution in [0.25, 0.3) is 0 Å². The van der Waals surface area contributed by atoms with Gasteiger partial charge in [0.15, 0.2) is 5.82 Å². The first-order valence-electron chi connectivity index (χ1n) is 7.52. The van der Waals surface area contributed by atoms with Crippen LogP contribution in [0.4, 0.5) is 0 Å². The topological polar surface area (TPSA) is 76.3 Å². The first-order valence-corrected chi connectivity index (χ1v) is 8.96. The summed E-state index contributed by atoms with van der Waals surface area (Å²) in [7, 11) is -3.55. The van der Waals surface area contributed by atoms with Gasteiger partial charge in [-0.05, 0) is 25.0 Å². The number of hydrogen-bond acceptors (Lipinski definition) is 5. The van der Waals surface area contributed by atoms with Crippen LogP contribution in [0.1, 0.15) is 43.9 Å². The summed E-state index contributed by atoms with van der Waals surface area (Å²) in [5.74, 6) is 1.01. The molecule has 1 aromatic heterocycles. The Bertz CT molecular complexity index is 728. The molecule has 0 bridgehead atoms. The van der Waals surface area contributed by atoms with E-state index >= 15 is 0 Å². The molecule has 118 valence electrons. The van der Waals surface area contributed by atoms with Gasteiger partial charge in [-0.25, -0.2) is 8.42 Å². The highest BCUT2D eigenvalue weighted by atomic mass is 32.2. The average Bonchev–Trinajstić information content (AvgIpc) is 3.05. The standard InChI is InChI=1S/C15H19N3O3S/c1-2-14-16-15(21-17-14)13-10-6-7-11-18(13)22(19,20)12-8-4-3-5-9-12/h3-5,8-9,13H,2,6-7,10-11H2,1H3. The summed E-state index contributed by atoms with van der Waals surface area (Å²) in [5.41, 5.74) is 0. The molecule has 1 fully saturated rings. The minimum atomic E-state index is -3.55. The zero-order valence-electron chi connectivity index (χ0n) is 12.5. The molecule has 1 saturated heterocycles. The lowest BCUT2D eigenvalue weighted by molar-refractivity contribution is 0.204. The lowest BCUT2D eigenvalue weighted by Crippen LogP contribution is -2.38. The van der Waals surface area contributed by atoms with E-state index in [2.05, 4.69) is 10.1 Å². The van der Waals surface area contributed by atoms with Crippen LogP contribution in [0.5, 0.6) is 0 Å². The van der Waals surface area contributed by atoms with Gasteiger partial charge in [-0.2, -0.15) is 9.29 Å². The van der Waals surface area contributed by atoms with Gasteiger partial charge in [-0.1, -0.05) is 36.7 Å². The van der Waals surface area contributed by atoms with Gasteiger partial charge in [0.1, 0.15) is 6.04 Å². The van der Waals surface area contributed by atoms with Crippen LogP contribution >= 0.6 is 0 Å². The Morgan fingerprint density at radius 1 is 1.27 bits per heavy atom. The molecular weight excluding hydrogens is 302 g/mol. The van der Waals surface area contributed by atoms with Crippen molar-refractivity contribution >= 4 is 10.0 Å². The van der Waals surface area contributed by atoms with Gasteiger partial charge in [0, 0.05) is 13.0 Å². The minimum Gasteiger partial charge on any atom is -0.338 e. The maximum atomic E-state index is 12.9. The number of aryl methyl sites for hydroxylation is 1. The van der Waals surface area contributed by atoms with Crippen LogP contribution in [0.15, 0.2) is 39.8 Å². The monoisotopic (exact) mass is 321 g/mol. The van der Waals surface area contributed by atoms with Crippen molar-refractivity contribution in [3.05, 3.63) is 42.0 Å². The van der Waals surface area contributed by atoms with Crippen LogP contribution in [-0.4, -0.2) is 29.4 Å². The summed E-state index contributed by atoms with van der Waals surface area (Å²) < 4.78 is 32.6. The second-order valence-corrected chi connectivity index (χ2v) is 7.23. The van der Waals surface area contributed by atoms with E-state index in [1.54, 1.807) is 30.3 Å². The van der Waals surface area contributed by atoms with Gasteiger partial charge >= 0.3 is 0 Å². The molecule has 6 nitrogen and oxygen atoms in total. The molecule has 1 aromatic carbocycles. The third-order valence-corrected chi connectivity index (χ3v) is 5.81. The molecule has 2 aromatic rings. The summed E-state index contributed by atoms with van der Waals surface area (Å²) in [5, 5.41) is 3.89. The van der Waals surface area contributed by atoms with E-state index in [1.165, 1.54) is 4.31 Å². The Balaban J connectivity index is 1.96. The molecule has 1 atom stereocenters. The number of benzene rings is 1. The van der Waals surface area contributed by atoms with E-state index in [0.717, 1.165) is 12.8 Å². The fourth-order valence-corrected chi connectivity index (χ4v) is 4.39. The highest BCUT2D eigenvalue weighted by Gasteiger charge is 2.37. The molecule has 3 rings (SSSR count). The average molecular weight is 321 g/mol. The summed E-state index contributed by atoms with van der Waals surface area (Å²) in [4.78, 5) is 4.63. The van der Waals surface area contributed by atoms with E-state index < -0.39 is 10.0 Å². The zero-order valence-corrected chi connectivity index (χ0v) is 13.3. The highest BCUT2D eigenvalue weighted by Crippen LogP contribution is 2.34. The molecule has 1 unspecified atom stereocenters. The second-order valence-electron chi connectivity index (χ2n) is 5.34. The summed E-state index contributed by atoms with van der Waals surface area (Å²) in [6, 6.07) is 8.13. The fraction of sp³-hybridized carbons (Fsp3) is 0.467. The lowest BCUT2D eigenvalue weighted by Gasteiger charge is -2.32. The first-order chi connectivity index (χ1) is 10.6. The Kier molecular flexibility index (Phi) is 4.26. The van der Waals surface area contributed by atoms with Crippen molar-refractivity contribution in [3.63, 3.8) is 0 Å². The third kappa shape index (κ3) is 2.78. The molecule has 0 amide bonds. The SMILES string of the molecule is CCc1noc(C2CCCCN2S(=O)(=O)c2ccccc2)n1. The summed E-state index contributed by atoms with van der Waals surface area (Å²) >= 11 is 0. The Labute approximate surface area is 130 Å². The summed E-state index contributed by atoms with van der Waals surface area (Å²) in [6.07, 6.45) is 3.17. The number of nitrogens with zero attached hydrogens (tertiary/aromatic N) is 3. The largest absolute Gasteiger partial charge is 0.338 e. The number of sulfonamides is 1. The normalized spacial score (nSPS) is 20.1. The van der Waals surface area contributed by atoms with Crippen molar-refractivity contribution in [1.29, 1.82) is 0 Å². The van der Waals surface area contributed by atoms with Crippen LogP contribution in [0, 0.1) is 0 Å². The van der Waals surface area contributed by atoms with E-state index in [9.17, 15) is 8.42 Å². The quantitative estimate of drug-likeness (QED) is 0.865. The van der Waals surface area contributed by atoms with Gasteiger partial charge in [0.2, 0.25) is 15.9 Å². The van der Waals surface area contributed by atoms with Gasteiger partial charge < -0.3 is 4.52 Å². The Morgan fingerprint density at radius 2 is 2.05 bits per heavy atom. The van der Waals surface area contributed by atoms with Gasteiger partial charge in [-0.15, -0.1) is 0 Å². The van der Waals surface area contributed by atoms with Gasteiger partial charge in [-0.3, -0.25) is 0 Å². The fourth-order valence-electron chi connectivity index (χ4n) is 2.71. The van der Waals surface area contributed by atoms with E-state index in [1.807, 2.05) is 6.92 Å². The second kappa shape index (κ2) is 6.18. The van der Waals surface area contributed by atoms with E-state index in [-0.39, 0.29) is 6.04 Å². The molecule has 1 aliphatic heterocycles. The van der Waals surface area contributed by atoms with E-state index in [0.29, 0.717) is 36.0 Å². The van der Waals surface area contributed by atoms with Crippen molar-refractivity contribution in [1.82, 2.24) is 14.4 Å². The molecule has 7 heteroatoms. The molecule has 0 N–H and O–H groups in total. The molecule has 1 aliphatic rings. The third-order valence-electron chi connectivity index (χ3n) is 3.89. The van der Waals surface area contributed by atoms with E-state index in [4.69, 9.17) is 4.52 Å². The van der Waals surface area contributed by atoms with Crippen LogP contribution in [-0.2, 0) is 16.4 Å². The number of hydrogen-bond donors (Lipinski definition) is 0. The Morgan fingerprint density at radius 3 is 2.73 bits per heavy atom. The number of aromatic nitrogens is 2. The van der Waals surface area contributed by atoms with Crippen molar-refractivity contribution in [3.8, 4) is 0 Å². The van der Waals surface area contributed by atoms with Crippen LogP contribution in [0.2, 0.25) is 0 Å². The smallest absolute Gasteiger partial charge is 0.245 e. The zero-order chi connectivity index (χ0) is 15.6. The van der Waals surface area contributed by atoms with Gasteiger partial charge in [0.05, 0.1) is 4.90 Å². The maximum absolute atomic E-state index is 12.9. The van der Waals surface area contributed by atoms with Crippen molar-refractivity contribution in [2.45, 2.75) is 43.5 Å². The van der Waals surface area contributed by atoms with Crippen molar-refractivity contribution < 1.29 is 12.9 Å². The molecular formula is C15H19N3O3S. The minimum absolute atomic E-state index is 0.303. The maximum Gasteiger partial charge on any atom is 0.245 e. The molecule has 0 saturated carbocycles. The highest BCUT2D eigenvalue weighted by molar-refractivity contribution is 7.89. The van der Waals surface area contributed by atoms with Crippen molar-refractivity contribution in [2.24, 2.45) is 0 Å². The summed E-state index contributed by atoms with van der Waals surface area (Å²) in [6.45, 7) is 2.42. The van der Waals surface area contributed by atoms with Crippen LogP contribution < -0.4 is 0 Å².